The molecule has 0 aromatic heterocycles. The zero-order chi connectivity index (χ0) is 99.1. The van der Waals surface area contributed by atoms with Gasteiger partial charge in [0, 0.05) is 116 Å². The first-order valence-electron chi connectivity index (χ1n) is 44.6. The average molecular weight is 1860 g/mol. The minimum Gasteiger partial charge on any atom is -0.449 e. The lowest BCUT2D eigenvalue weighted by atomic mass is 9.99. The van der Waals surface area contributed by atoms with Crippen molar-refractivity contribution >= 4 is 78.0 Å². The van der Waals surface area contributed by atoms with Gasteiger partial charge in [0.05, 0.1) is 24.2 Å². The summed E-state index contributed by atoms with van der Waals surface area (Å²) in [7, 11) is 6.75. The predicted octanol–water partition coefficient (Wildman–Crippen LogP) is 16.4. The van der Waals surface area contributed by atoms with Crippen molar-refractivity contribution in [3.63, 3.8) is 0 Å². The summed E-state index contributed by atoms with van der Waals surface area (Å²) in [4.78, 5) is 145. The van der Waals surface area contributed by atoms with Gasteiger partial charge in [0.2, 0.25) is 0 Å². The van der Waals surface area contributed by atoms with Crippen LogP contribution in [0.2, 0.25) is 0 Å². The van der Waals surface area contributed by atoms with Crippen LogP contribution < -0.4 is 31.9 Å². The van der Waals surface area contributed by atoms with Crippen molar-refractivity contribution in [2.45, 2.75) is 326 Å². The molecule has 4 aliphatic rings. The number of carbonyl (C=O) groups is 11. The number of amides is 10. The zero-order valence-corrected chi connectivity index (χ0v) is 84.3. The van der Waals surface area contributed by atoms with Crippen LogP contribution in [0.3, 0.4) is 0 Å². The summed E-state index contributed by atoms with van der Waals surface area (Å²) in [6.07, 6.45) is -2.59. The van der Waals surface area contributed by atoms with Gasteiger partial charge < -0.3 is 118 Å². The molecule has 4 aliphatic heterocycles. The van der Waals surface area contributed by atoms with E-state index in [1.807, 2.05) is 174 Å². The Kier molecular flexibility index (Phi) is 48.3. The molecule has 0 unspecified atom stereocenters. The number of carbonyl (C=O) groups excluding carboxylic acids is 11. The van der Waals surface area contributed by atoms with Gasteiger partial charge in [-0.3, -0.25) is 0 Å². The van der Waals surface area contributed by atoms with Gasteiger partial charge in [0.15, 0.2) is 0 Å². The lowest BCUT2D eigenvalue weighted by Gasteiger charge is -2.43. The van der Waals surface area contributed by atoms with E-state index in [-0.39, 0.29) is 94.4 Å². The van der Waals surface area contributed by atoms with E-state index < -0.39 is 111 Å². The van der Waals surface area contributed by atoms with E-state index in [4.69, 9.17) is 59.0 Å². The minimum absolute atomic E-state index is 0.0384. The van der Waals surface area contributed by atoms with Gasteiger partial charge in [0.25, 0.3) is 0 Å². The number of rotatable bonds is 17. The van der Waals surface area contributed by atoms with Gasteiger partial charge in [-0.15, -0.1) is 0 Å². The van der Waals surface area contributed by atoms with Crippen LogP contribution in [0.1, 0.15) is 229 Å². The Balaban J connectivity index is 0.000000556. The van der Waals surface area contributed by atoms with Gasteiger partial charge in [-0.2, -0.15) is 0 Å². The van der Waals surface area contributed by atoms with E-state index in [0.29, 0.717) is 51.9 Å². The molecule has 3 aromatic rings. The number of nitrogens with one attached hydrogen (secondary N) is 6. The Morgan fingerprint density at radius 3 is 0.808 bits per heavy atom. The van der Waals surface area contributed by atoms with Crippen molar-refractivity contribution in [3.8, 4) is 0 Å². The number of benzene rings is 3. The van der Waals surface area contributed by atoms with Crippen molar-refractivity contribution in [2.75, 3.05) is 100 Å². The van der Waals surface area contributed by atoms with E-state index in [1.54, 1.807) is 121 Å². The number of nitrogens with zero attached hydrogens (tertiary/aromatic N) is 7. The van der Waals surface area contributed by atoms with Crippen molar-refractivity contribution in [2.24, 2.45) is 0 Å². The first-order valence-corrected chi connectivity index (χ1v) is 44.9. The van der Waals surface area contributed by atoms with E-state index in [9.17, 15) is 52.7 Å². The number of hydrogen-bond donors (Lipinski definition) is 6. The summed E-state index contributed by atoms with van der Waals surface area (Å²) in [5.41, 5.74) is -2.82. The Morgan fingerprint density at radius 2 is 0.554 bits per heavy atom. The molecule has 8 atom stereocenters. The maximum absolute atomic E-state index is 12.9. The van der Waals surface area contributed by atoms with Gasteiger partial charge in [0.1, 0.15) is 64.6 Å². The monoisotopic (exact) mass is 1860 g/mol. The second-order valence-corrected chi connectivity index (χ2v) is 40.4. The second-order valence-electron chi connectivity index (χ2n) is 40.1. The smallest absolute Gasteiger partial charge is 0.410 e. The van der Waals surface area contributed by atoms with Crippen LogP contribution >= 0.6 is 11.6 Å². The van der Waals surface area contributed by atoms with Crippen LogP contribution in [0.4, 0.5) is 52.7 Å². The SMILES string of the molecule is CC(C)(C)OC(=O)N[C@@H]1CNC[C@H](NC(=O)OC(C)(C)C)C1.CC(C)(C)OC(=O)N[C@@H]1C[C@H](NC(=O)OC(C)(C)C)CN(C(=O)OCc2ccccc2)C1.CCN(CC)CC.CN(C(=O)OC(C)(C)C)[C@@H]1CNC[C@H](N(C)C(=O)OC(C)(C)C)C1.CN(C(=O)OC(C)(C)C)[C@@H]1C[C@H](N(C)C(=O)OC(C)(C)C)CN(C(=O)OCc2ccccc2)C1.O=C(Cl)OCc1ccccc1. The fourth-order valence-corrected chi connectivity index (χ4v) is 12.8. The van der Waals surface area contributed by atoms with E-state index in [2.05, 4.69) is 62.3 Å². The third-order valence-electron chi connectivity index (χ3n) is 18.8. The molecule has 0 saturated carbocycles. The number of likely N-dealkylation sites (tertiary alicyclic amines) is 2. The topological polar surface area (TPSA) is 384 Å². The third kappa shape index (κ3) is 52.7. The lowest BCUT2D eigenvalue weighted by molar-refractivity contribution is -0.00876. The van der Waals surface area contributed by atoms with Crippen LogP contribution in [0.5, 0.6) is 0 Å². The highest BCUT2D eigenvalue weighted by atomic mass is 35.5. The summed E-state index contributed by atoms with van der Waals surface area (Å²) < 4.78 is 58.5. The maximum atomic E-state index is 12.9. The van der Waals surface area contributed by atoms with Crippen LogP contribution in [0.15, 0.2) is 91.0 Å². The molecule has 130 heavy (non-hydrogen) atoms. The summed E-state index contributed by atoms with van der Waals surface area (Å²) >= 11 is 4.97. The molecule has 6 N–H and O–H groups in total. The molecule has 4 saturated heterocycles. The van der Waals surface area contributed by atoms with E-state index in [1.165, 1.54) is 39.2 Å². The largest absolute Gasteiger partial charge is 0.449 e. The molecule has 0 aliphatic carbocycles. The maximum Gasteiger partial charge on any atom is 0.410 e. The van der Waals surface area contributed by atoms with Gasteiger partial charge in [-0.25, -0.2) is 52.7 Å². The number of alkyl carbamates (subject to hydrolysis) is 4. The fraction of sp³-hybridized carbons (Fsp3) is 0.691. The number of piperidine rings is 4. The van der Waals surface area contributed by atoms with Crippen molar-refractivity contribution in [1.29, 1.82) is 0 Å². The molecule has 4 fully saturated rings. The fourth-order valence-electron chi connectivity index (χ4n) is 12.7. The summed E-state index contributed by atoms with van der Waals surface area (Å²) in [6.45, 7) is 57.7. The Hall–Kier alpha value is -10.0. The molecule has 7 rings (SSSR count). The Labute approximate surface area is 778 Å². The van der Waals surface area contributed by atoms with Crippen molar-refractivity contribution in [1.82, 2.24) is 66.2 Å². The van der Waals surface area contributed by atoms with Crippen molar-refractivity contribution < 1.29 is 105 Å². The molecular formula is C94H158ClN13O22. The van der Waals surface area contributed by atoms with E-state index >= 15 is 0 Å². The van der Waals surface area contributed by atoms with Crippen LogP contribution in [-0.2, 0) is 71.9 Å². The summed E-state index contributed by atoms with van der Waals surface area (Å²) in [5.74, 6) is 0. The molecular weight excluding hydrogens is 1700 g/mol. The van der Waals surface area contributed by atoms with Crippen LogP contribution in [-0.4, -0.2) is 294 Å². The van der Waals surface area contributed by atoms with Crippen LogP contribution in [0.25, 0.3) is 0 Å². The molecule has 0 bridgehead atoms. The third-order valence-corrected chi connectivity index (χ3v) is 18.9. The quantitative estimate of drug-likeness (QED) is 0.0540. The highest BCUT2D eigenvalue weighted by molar-refractivity contribution is 6.61. The number of ether oxygens (including phenoxy) is 11. The molecule has 0 spiro atoms. The Morgan fingerprint density at radius 1 is 0.323 bits per heavy atom. The normalized spacial score (nSPS) is 18.7. The first kappa shape index (κ1) is 116. The standard InChI is InChI=1S/C25H39N3O6.C23H35N3O6.C17H33N3O4.C15H29N3O4.C8H7ClO2.C6H15N/c1-24(2,3)33-21(29)26(7)19-14-20(27(8)22(30)34-25(4,5)6)16-28(15-19)23(31)32-17-18-12-10-9-11-13-18;1-22(2,3)31-19(27)24-17-12-18(25-20(28)32-23(4,5)6)14-26(13-17)21(29)30-15-16-10-8-7-9-11-16;1-16(2,3)23-14(21)19(7)12-9-13(11-18-10-12)20(8)15(22)24-17(4,5)6;1-14(2,3)21-12(19)17-10-7-11(9-16-8-10)18-13(20)22-15(4,5)6;9-8(10)11-6-7-4-2-1-3-5-7;1-4-7(5-2)6-3/h9-13,19-20H,14-17H2,1-8H3;7-11,17-18H,12-15H2,1-6H3,(H,24,27)(H,25,28);12-13,18H,9-11H2,1-8H3;10-11,16H,7-9H2,1-6H3,(H,17,19)(H,18,20);1-5H,6H2;4-6H2,1-3H3/t19-,20+;17-,18+;12-,13+;10-,11+;;. The van der Waals surface area contributed by atoms with Gasteiger partial charge in [-0.1, -0.05) is 112 Å². The number of hydrogen-bond acceptors (Lipinski definition) is 25. The minimum atomic E-state index is -0.770. The Bertz CT molecular complexity index is 3770. The molecule has 35 nitrogen and oxygen atoms in total. The van der Waals surface area contributed by atoms with Gasteiger partial charge in [-0.05, 0) is 228 Å². The van der Waals surface area contributed by atoms with Crippen LogP contribution in [0, 0.1) is 0 Å². The molecule has 3 aromatic carbocycles. The summed E-state index contributed by atoms with van der Waals surface area (Å²) in [5, 5.41) is 17.7. The molecule has 0 radical (unpaired) electrons. The lowest BCUT2D eigenvalue weighted by Crippen LogP contribution is -2.59. The molecule has 36 heteroatoms. The highest BCUT2D eigenvalue weighted by Crippen LogP contribution is 2.26. The zero-order valence-electron chi connectivity index (χ0n) is 83.5. The molecule has 10 amide bonds. The second kappa shape index (κ2) is 54.1. The molecule has 738 valence electrons. The highest BCUT2D eigenvalue weighted by Gasteiger charge is 2.41. The predicted molar refractivity (Wildman–Crippen MR) is 500 cm³/mol. The van der Waals surface area contributed by atoms with Gasteiger partial charge >= 0.3 is 66.4 Å². The first-order chi connectivity index (χ1) is 59.8. The molecule has 4 heterocycles. The van der Waals surface area contributed by atoms with Crippen molar-refractivity contribution in [3.05, 3.63) is 108 Å². The average Bonchev–Trinajstić information content (AvgIpc) is 0.807. The summed E-state index contributed by atoms with van der Waals surface area (Å²) in [6, 6.07) is 26.2. The van der Waals surface area contributed by atoms with E-state index in [0.717, 1.165) is 16.7 Å². The number of likely N-dealkylation sites (N-methyl/N-ethyl adjacent to an activating group) is 4. The number of halogens is 1.